The molecular weight excluding hydrogens is 236 g/mol. The van der Waals surface area contributed by atoms with Crippen molar-refractivity contribution in [2.75, 3.05) is 0 Å². The maximum absolute atomic E-state index is 6.27. The van der Waals surface area contributed by atoms with Crippen molar-refractivity contribution < 1.29 is 4.74 Å². The van der Waals surface area contributed by atoms with E-state index in [4.69, 9.17) is 16.3 Å². The lowest BCUT2D eigenvalue weighted by Gasteiger charge is -2.12. The normalized spacial score (nSPS) is 13.1. The van der Waals surface area contributed by atoms with E-state index in [1.165, 1.54) is 6.33 Å². The Morgan fingerprint density at radius 1 is 1.24 bits per heavy atom. The number of hydrogen-bond donors (Lipinski definition) is 0. The van der Waals surface area contributed by atoms with E-state index in [9.17, 15) is 0 Å². The molecule has 0 saturated carbocycles. The third-order valence-corrected chi connectivity index (χ3v) is 2.55. The Bertz CT molecular complexity index is 342. The summed E-state index contributed by atoms with van der Waals surface area (Å²) in [4.78, 5) is 8.29. The Balaban J connectivity index is 2.59. The maximum Gasteiger partial charge on any atom is 0.216 e. The predicted molar refractivity (Wildman–Crippen MR) is 70.6 cm³/mol. The van der Waals surface area contributed by atoms with Gasteiger partial charge in [-0.1, -0.05) is 13.8 Å². The summed E-state index contributed by atoms with van der Waals surface area (Å²) in [7, 11) is 0. The fourth-order valence-electron chi connectivity index (χ4n) is 1.62. The minimum Gasteiger partial charge on any atom is -0.475 e. The second kappa shape index (κ2) is 6.80. The Morgan fingerprint density at radius 3 is 2.53 bits per heavy atom. The van der Waals surface area contributed by atoms with Crippen molar-refractivity contribution in [1.29, 1.82) is 0 Å². The fraction of sp³-hybridized carbons (Fsp3) is 0.692. The van der Waals surface area contributed by atoms with Gasteiger partial charge in [-0.3, -0.25) is 0 Å². The van der Waals surface area contributed by atoms with Gasteiger partial charge in [-0.05, 0) is 26.2 Å². The van der Waals surface area contributed by atoms with Gasteiger partial charge in [0.1, 0.15) is 6.33 Å². The van der Waals surface area contributed by atoms with Crippen LogP contribution >= 0.6 is 11.6 Å². The van der Waals surface area contributed by atoms with Gasteiger partial charge in [0.05, 0.1) is 6.10 Å². The van der Waals surface area contributed by atoms with Crippen LogP contribution in [0.25, 0.3) is 0 Å². The minimum absolute atomic E-state index is 0.122. The number of nitrogens with zero attached hydrogens (tertiary/aromatic N) is 2. The number of ether oxygens (including phenoxy) is 1. The molecule has 3 nitrogen and oxygen atoms in total. The van der Waals surface area contributed by atoms with E-state index in [1.54, 1.807) is 0 Å². The Labute approximate surface area is 109 Å². The van der Waals surface area contributed by atoms with Crippen molar-refractivity contribution in [3.8, 4) is 5.88 Å². The van der Waals surface area contributed by atoms with Crippen molar-refractivity contribution >= 4 is 11.6 Å². The van der Waals surface area contributed by atoms with E-state index < -0.39 is 0 Å². The average molecular weight is 257 g/mol. The fourth-order valence-corrected chi connectivity index (χ4v) is 2.13. The highest BCUT2D eigenvalue weighted by atomic mass is 35.5. The molecule has 0 aromatic carbocycles. The lowest BCUT2D eigenvalue weighted by atomic mass is 10.0. The van der Waals surface area contributed by atoms with Crippen LogP contribution in [0.1, 0.15) is 39.8 Å². The number of halogens is 1. The van der Waals surface area contributed by atoms with Gasteiger partial charge in [-0.25, -0.2) is 9.97 Å². The molecule has 1 aromatic heterocycles. The molecule has 1 atom stereocenters. The van der Waals surface area contributed by atoms with E-state index in [1.807, 2.05) is 19.9 Å². The molecule has 1 rings (SSSR count). The lowest BCUT2D eigenvalue weighted by Crippen LogP contribution is -2.10. The first-order chi connectivity index (χ1) is 7.97. The molecule has 0 spiro atoms. The van der Waals surface area contributed by atoms with E-state index in [0.717, 1.165) is 18.5 Å². The second-order valence-electron chi connectivity index (χ2n) is 4.95. The largest absolute Gasteiger partial charge is 0.475 e. The molecule has 0 aliphatic carbocycles. The molecular formula is C13H21ClN2O. The first-order valence-electron chi connectivity index (χ1n) is 6.09. The molecule has 1 heterocycles. The van der Waals surface area contributed by atoms with Gasteiger partial charge >= 0.3 is 0 Å². The van der Waals surface area contributed by atoms with Crippen LogP contribution < -0.4 is 4.74 Å². The number of alkyl halides is 1. The summed E-state index contributed by atoms with van der Waals surface area (Å²) in [6, 6.07) is 1.87. The Hall–Kier alpha value is -0.830. The summed E-state index contributed by atoms with van der Waals surface area (Å²) in [5, 5.41) is 0.122. The molecule has 0 aliphatic heterocycles. The summed E-state index contributed by atoms with van der Waals surface area (Å²) < 4.78 is 5.52. The minimum atomic E-state index is 0.122. The van der Waals surface area contributed by atoms with Crippen LogP contribution in [0.5, 0.6) is 5.88 Å². The molecule has 0 aliphatic rings. The van der Waals surface area contributed by atoms with Gasteiger partial charge in [0.15, 0.2) is 0 Å². The zero-order valence-electron chi connectivity index (χ0n) is 11.0. The predicted octanol–water partition coefficient (Wildman–Crippen LogP) is 3.46. The molecule has 1 unspecified atom stereocenters. The van der Waals surface area contributed by atoms with Crippen molar-refractivity contribution in [1.82, 2.24) is 9.97 Å². The molecule has 0 amide bonds. The van der Waals surface area contributed by atoms with Gasteiger partial charge in [0, 0.05) is 23.6 Å². The summed E-state index contributed by atoms with van der Waals surface area (Å²) in [5.74, 6) is 1.23. The average Bonchev–Trinajstić information content (AvgIpc) is 2.14. The lowest BCUT2D eigenvalue weighted by molar-refractivity contribution is 0.232. The van der Waals surface area contributed by atoms with Crippen molar-refractivity contribution in [3.63, 3.8) is 0 Å². The topological polar surface area (TPSA) is 35.0 Å². The summed E-state index contributed by atoms with van der Waals surface area (Å²) in [6.07, 6.45) is 3.41. The van der Waals surface area contributed by atoms with Gasteiger partial charge in [0.25, 0.3) is 0 Å². The van der Waals surface area contributed by atoms with E-state index in [-0.39, 0.29) is 11.5 Å². The molecule has 0 N–H and O–H groups in total. The smallest absolute Gasteiger partial charge is 0.216 e. The van der Waals surface area contributed by atoms with Gasteiger partial charge < -0.3 is 4.74 Å². The van der Waals surface area contributed by atoms with Gasteiger partial charge in [-0.15, -0.1) is 11.6 Å². The van der Waals surface area contributed by atoms with Crippen LogP contribution in [0, 0.1) is 5.92 Å². The highest BCUT2D eigenvalue weighted by molar-refractivity contribution is 6.20. The molecule has 4 heteroatoms. The standard InChI is InChI=1S/C13H21ClN2O/c1-9(2)5-11(14)6-12-7-13(16-8-15-12)17-10(3)4/h7-11H,5-6H2,1-4H3. The van der Waals surface area contributed by atoms with Crippen LogP contribution in [-0.2, 0) is 6.42 Å². The quantitative estimate of drug-likeness (QED) is 0.731. The third kappa shape index (κ3) is 5.87. The first-order valence-corrected chi connectivity index (χ1v) is 6.52. The van der Waals surface area contributed by atoms with Crippen LogP contribution in [0.15, 0.2) is 12.4 Å². The van der Waals surface area contributed by atoms with Crippen LogP contribution in [0.4, 0.5) is 0 Å². The first kappa shape index (κ1) is 14.2. The summed E-state index contributed by atoms with van der Waals surface area (Å²) in [6.45, 7) is 8.29. The molecule has 17 heavy (non-hydrogen) atoms. The Kier molecular flexibility index (Phi) is 5.69. The van der Waals surface area contributed by atoms with Crippen LogP contribution in [0.2, 0.25) is 0 Å². The molecule has 0 fully saturated rings. The van der Waals surface area contributed by atoms with Crippen molar-refractivity contribution in [2.24, 2.45) is 5.92 Å². The number of aromatic nitrogens is 2. The Morgan fingerprint density at radius 2 is 1.94 bits per heavy atom. The number of rotatable bonds is 6. The SMILES string of the molecule is CC(C)CC(Cl)Cc1cc(OC(C)C)ncn1. The third-order valence-electron chi connectivity index (χ3n) is 2.21. The molecule has 0 radical (unpaired) electrons. The monoisotopic (exact) mass is 256 g/mol. The molecule has 0 saturated heterocycles. The zero-order chi connectivity index (χ0) is 12.8. The second-order valence-corrected chi connectivity index (χ2v) is 5.56. The van der Waals surface area contributed by atoms with Crippen molar-refractivity contribution in [2.45, 2.75) is 52.0 Å². The van der Waals surface area contributed by atoms with E-state index >= 15 is 0 Å². The summed E-state index contributed by atoms with van der Waals surface area (Å²) >= 11 is 6.27. The molecule has 1 aromatic rings. The maximum atomic E-state index is 6.27. The van der Waals surface area contributed by atoms with Crippen molar-refractivity contribution in [3.05, 3.63) is 18.1 Å². The summed E-state index contributed by atoms with van der Waals surface area (Å²) in [5.41, 5.74) is 0.941. The van der Waals surface area contributed by atoms with E-state index in [0.29, 0.717) is 11.8 Å². The van der Waals surface area contributed by atoms with Crippen LogP contribution in [0.3, 0.4) is 0 Å². The number of hydrogen-bond acceptors (Lipinski definition) is 3. The van der Waals surface area contributed by atoms with Crippen LogP contribution in [-0.4, -0.2) is 21.4 Å². The molecule has 0 bridgehead atoms. The highest BCUT2D eigenvalue weighted by Gasteiger charge is 2.10. The van der Waals surface area contributed by atoms with E-state index in [2.05, 4.69) is 23.8 Å². The van der Waals surface area contributed by atoms with Gasteiger partial charge in [0.2, 0.25) is 5.88 Å². The zero-order valence-corrected chi connectivity index (χ0v) is 11.7. The molecule has 96 valence electrons. The highest BCUT2D eigenvalue weighted by Crippen LogP contribution is 2.17. The van der Waals surface area contributed by atoms with Gasteiger partial charge in [-0.2, -0.15) is 0 Å².